The quantitative estimate of drug-likeness (QED) is 0.414. The van der Waals surface area contributed by atoms with Crippen molar-refractivity contribution >= 4 is 28.0 Å². The van der Waals surface area contributed by atoms with Crippen LogP contribution in [0, 0.1) is 0 Å². The van der Waals surface area contributed by atoms with Crippen LogP contribution in [-0.2, 0) is 6.54 Å². The van der Waals surface area contributed by atoms with Gasteiger partial charge in [0.15, 0.2) is 5.65 Å². The molecule has 2 N–H and O–H groups in total. The topological polar surface area (TPSA) is 97.6 Å². The van der Waals surface area contributed by atoms with E-state index in [1.165, 1.54) is 0 Å². The molecule has 174 valence electrons. The molecule has 0 bridgehead atoms. The third kappa shape index (κ3) is 4.48. The minimum atomic E-state index is -0.0280. The number of nitrogens with zero attached hydrogens (tertiary/aromatic N) is 5. The number of nitrogens with one attached hydrogen (secondary N) is 2. The average molecular weight is 464 g/mol. The van der Waals surface area contributed by atoms with Crippen LogP contribution in [0.25, 0.3) is 33.3 Å². The zero-order chi connectivity index (χ0) is 23.6. The summed E-state index contributed by atoms with van der Waals surface area (Å²) in [4.78, 5) is 21.9. The number of rotatable bonds is 5. The highest BCUT2D eigenvalue weighted by atomic mass is 16.1. The van der Waals surface area contributed by atoms with Crippen molar-refractivity contribution in [2.24, 2.45) is 0 Å². The van der Waals surface area contributed by atoms with Crippen LogP contribution in [0.4, 0.5) is 0 Å². The van der Waals surface area contributed by atoms with Gasteiger partial charge in [-0.05, 0) is 74.0 Å². The number of hydrogen-bond donors (Lipinski definition) is 2. The molecule has 1 amide bonds. The van der Waals surface area contributed by atoms with E-state index >= 15 is 0 Å². The maximum Gasteiger partial charge on any atom is 0.251 e. The highest BCUT2D eigenvalue weighted by Gasteiger charge is 2.16. The first-order chi connectivity index (χ1) is 17.2. The summed E-state index contributed by atoms with van der Waals surface area (Å²) in [6.07, 6.45) is 3.73. The van der Waals surface area contributed by atoms with E-state index < -0.39 is 0 Å². The van der Waals surface area contributed by atoms with Crippen LogP contribution in [0.1, 0.15) is 28.8 Å². The maximum atomic E-state index is 12.6. The summed E-state index contributed by atoms with van der Waals surface area (Å²) in [5.74, 6) is -0.0280. The number of pyridine rings is 2. The van der Waals surface area contributed by atoms with Crippen LogP contribution in [0.2, 0.25) is 0 Å². The molecular formula is C27H25N7O. The maximum absolute atomic E-state index is 12.6. The van der Waals surface area contributed by atoms with Gasteiger partial charge < -0.3 is 10.6 Å². The van der Waals surface area contributed by atoms with Crippen molar-refractivity contribution in [2.75, 3.05) is 13.1 Å². The van der Waals surface area contributed by atoms with E-state index in [4.69, 9.17) is 4.98 Å². The predicted molar refractivity (Wildman–Crippen MR) is 135 cm³/mol. The Balaban J connectivity index is 1.23. The number of carbonyl (C=O) groups excluding carboxylic acids is 1. The van der Waals surface area contributed by atoms with Gasteiger partial charge in [-0.1, -0.05) is 29.5 Å². The minimum Gasteiger partial charge on any atom is -0.349 e. The highest BCUT2D eigenvalue weighted by molar-refractivity contribution is 5.95. The third-order valence-electron chi connectivity index (χ3n) is 6.48. The lowest BCUT2D eigenvalue weighted by Crippen LogP contribution is -2.42. The van der Waals surface area contributed by atoms with Gasteiger partial charge >= 0.3 is 0 Å². The Morgan fingerprint density at radius 3 is 2.69 bits per heavy atom. The van der Waals surface area contributed by atoms with Gasteiger partial charge in [0.1, 0.15) is 5.52 Å². The molecule has 0 atom stereocenters. The van der Waals surface area contributed by atoms with Crippen molar-refractivity contribution in [3.05, 3.63) is 84.1 Å². The van der Waals surface area contributed by atoms with E-state index in [-0.39, 0.29) is 11.9 Å². The lowest BCUT2D eigenvalue weighted by atomic mass is 10.0. The molecule has 4 heterocycles. The second kappa shape index (κ2) is 9.23. The summed E-state index contributed by atoms with van der Waals surface area (Å²) < 4.78 is 1.82. The fraction of sp³-hybridized carbons (Fsp3) is 0.222. The zero-order valence-electron chi connectivity index (χ0n) is 19.2. The van der Waals surface area contributed by atoms with Gasteiger partial charge in [0.25, 0.3) is 5.91 Å². The molecule has 0 radical (unpaired) electrons. The second-order valence-electron chi connectivity index (χ2n) is 8.89. The Morgan fingerprint density at radius 1 is 1.00 bits per heavy atom. The summed E-state index contributed by atoms with van der Waals surface area (Å²) in [5, 5.41) is 16.2. The number of fused-ring (bicyclic) bond motifs is 2. The van der Waals surface area contributed by atoms with E-state index in [0.29, 0.717) is 12.1 Å². The largest absolute Gasteiger partial charge is 0.349 e. The monoisotopic (exact) mass is 463 g/mol. The van der Waals surface area contributed by atoms with Crippen LogP contribution in [0.15, 0.2) is 72.9 Å². The second-order valence-corrected chi connectivity index (χ2v) is 8.89. The van der Waals surface area contributed by atoms with Crippen molar-refractivity contribution in [1.82, 2.24) is 35.6 Å². The van der Waals surface area contributed by atoms with Gasteiger partial charge in [-0.25, -0.2) is 9.67 Å². The lowest BCUT2D eigenvalue weighted by Gasteiger charge is -2.23. The molecule has 0 unspecified atom stereocenters. The van der Waals surface area contributed by atoms with Crippen molar-refractivity contribution in [2.45, 2.75) is 25.4 Å². The normalized spacial score (nSPS) is 14.4. The van der Waals surface area contributed by atoms with E-state index in [9.17, 15) is 4.79 Å². The third-order valence-corrected chi connectivity index (χ3v) is 6.48. The van der Waals surface area contributed by atoms with Crippen LogP contribution in [0.3, 0.4) is 0 Å². The van der Waals surface area contributed by atoms with Gasteiger partial charge in [0, 0.05) is 28.8 Å². The van der Waals surface area contributed by atoms with Gasteiger partial charge in [-0.2, -0.15) is 0 Å². The molecule has 5 aromatic rings. The van der Waals surface area contributed by atoms with Crippen LogP contribution in [-0.4, -0.2) is 50.0 Å². The van der Waals surface area contributed by atoms with Crippen LogP contribution < -0.4 is 10.6 Å². The fourth-order valence-corrected chi connectivity index (χ4v) is 4.54. The van der Waals surface area contributed by atoms with E-state index in [2.05, 4.69) is 44.1 Å². The van der Waals surface area contributed by atoms with E-state index in [1.54, 1.807) is 6.20 Å². The molecule has 1 fully saturated rings. The standard InChI is InChI=1S/C27H25N7O/c35-27(30-22-11-14-28-15-12-22)20-6-4-19(5-7-20)24-9-10-25-26(31-24)34(33-32-25)17-18-3-8-23-21(16-18)2-1-13-29-23/h1-10,13,16,22,28H,11-12,14-15,17H2,(H,30,35). The summed E-state index contributed by atoms with van der Waals surface area (Å²) in [6, 6.07) is 21.9. The molecule has 6 rings (SSSR count). The Kier molecular flexibility index (Phi) is 5.64. The molecule has 3 aromatic heterocycles. The molecule has 8 nitrogen and oxygen atoms in total. The Bertz CT molecular complexity index is 1500. The fourth-order valence-electron chi connectivity index (χ4n) is 4.54. The summed E-state index contributed by atoms with van der Waals surface area (Å²) in [6.45, 7) is 2.46. The Labute approximate surface area is 202 Å². The van der Waals surface area contributed by atoms with E-state index in [0.717, 1.165) is 64.8 Å². The van der Waals surface area contributed by atoms with Gasteiger partial charge in [0.2, 0.25) is 0 Å². The molecule has 0 saturated carbocycles. The molecule has 35 heavy (non-hydrogen) atoms. The number of amides is 1. The van der Waals surface area contributed by atoms with Crippen molar-refractivity contribution in [3.8, 4) is 11.3 Å². The predicted octanol–water partition coefficient (Wildman–Crippen LogP) is 3.57. The highest BCUT2D eigenvalue weighted by Crippen LogP contribution is 2.22. The SMILES string of the molecule is O=C(NC1CCNCC1)c1ccc(-c2ccc3nnn(Cc4ccc5ncccc5c4)c3n2)cc1. The van der Waals surface area contributed by atoms with Gasteiger partial charge in [0.05, 0.1) is 17.8 Å². The minimum absolute atomic E-state index is 0.0280. The first kappa shape index (κ1) is 21.4. The molecule has 1 saturated heterocycles. The lowest BCUT2D eigenvalue weighted by molar-refractivity contribution is 0.0929. The molecule has 2 aromatic carbocycles. The van der Waals surface area contributed by atoms with Gasteiger partial charge in [-0.3, -0.25) is 9.78 Å². The van der Waals surface area contributed by atoms with E-state index in [1.807, 2.05) is 53.2 Å². The van der Waals surface area contributed by atoms with Crippen LogP contribution in [0.5, 0.6) is 0 Å². The smallest absolute Gasteiger partial charge is 0.251 e. The van der Waals surface area contributed by atoms with Crippen molar-refractivity contribution in [1.29, 1.82) is 0 Å². The first-order valence-electron chi connectivity index (χ1n) is 11.9. The Hall–Kier alpha value is -4.17. The summed E-state index contributed by atoms with van der Waals surface area (Å²) in [5.41, 5.74) is 5.95. The average Bonchev–Trinajstić information content (AvgIpc) is 3.31. The Morgan fingerprint density at radius 2 is 1.83 bits per heavy atom. The van der Waals surface area contributed by atoms with Gasteiger partial charge in [-0.15, -0.1) is 5.10 Å². The molecule has 0 aliphatic carbocycles. The first-order valence-corrected chi connectivity index (χ1v) is 11.9. The summed E-state index contributed by atoms with van der Waals surface area (Å²) in [7, 11) is 0. The molecule has 8 heteroatoms. The summed E-state index contributed by atoms with van der Waals surface area (Å²) >= 11 is 0. The zero-order valence-corrected chi connectivity index (χ0v) is 19.2. The molecule has 0 spiro atoms. The number of hydrogen-bond acceptors (Lipinski definition) is 6. The number of piperidine rings is 1. The number of aromatic nitrogens is 5. The van der Waals surface area contributed by atoms with Crippen molar-refractivity contribution < 1.29 is 4.79 Å². The molecule has 1 aliphatic heterocycles. The van der Waals surface area contributed by atoms with Crippen molar-refractivity contribution in [3.63, 3.8) is 0 Å². The number of carbonyl (C=O) groups is 1. The van der Waals surface area contributed by atoms with Crippen LogP contribution >= 0.6 is 0 Å². The number of benzene rings is 2. The molecular weight excluding hydrogens is 438 g/mol. The molecule has 1 aliphatic rings.